The maximum absolute atomic E-state index is 12.8. The Balaban J connectivity index is 1.68. The van der Waals surface area contributed by atoms with Gasteiger partial charge in [0.25, 0.3) is 5.91 Å². The Morgan fingerprint density at radius 3 is 2.61 bits per heavy atom. The number of thiophene rings is 1. The molecule has 28 heavy (non-hydrogen) atoms. The Hall–Kier alpha value is -1.44. The van der Waals surface area contributed by atoms with Gasteiger partial charge in [-0.1, -0.05) is 12.8 Å². The summed E-state index contributed by atoms with van der Waals surface area (Å²) in [7, 11) is 0. The predicted molar refractivity (Wildman–Crippen MR) is 108 cm³/mol. The van der Waals surface area contributed by atoms with Crippen molar-refractivity contribution < 1.29 is 23.8 Å². The normalized spacial score (nSPS) is 23.2. The first-order chi connectivity index (χ1) is 13.3. The minimum Gasteiger partial charge on any atom is -0.458 e. The van der Waals surface area contributed by atoms with Gasteiger partial charge in [-0.2, -0.15) is 0 Å². The molecule has 2 aliphatic rings. The zero-order valence-electron chi connectivity index (χ0n) is 17.1. The average molecular weight is 410 g/mol. The van der Waals surface area contributed by atoms with Crippen molar-refractivity contribution in [1.29, 1.82) is 0 Å². The molecule has 1 amide bonds. The highest BCUT2D eigenvalue weighted by Gasteiger charge is 2.45. The van der Waals surface area contributed by atoms with Crippen LogP contribution in [-0.2, 0) is 31.8 Å². The number of carbonyl (C=O) groups excluding carboxylic acids is 2. The van der Waals surface area contributed by atoms with Crippen molar-refractivity contribution in [2.24, 2.45) is 0 Å². The van der Waals surface area contributed by atoms with Gasteiger partial charge in [-0.15, -0.1) is 11.3 Å². The second-order valence-corrected chi connectivity index (χ2v) is 9.69. The van der Waals surface area contributed by atoms with E-state index in [1.54, 1.807) is 11.3 Å². The molecule has 0 saturated carbocycles. The van der Waals surface area contributed by atoms with Gasteiger partial charge in [-0.3, -0.25) is 4.79 Å². The van der Waals surface area contributed by atoms with E-state index in [1.165, 1.54) is 36.1 Å². The van der Waals surface area contributed by atoms with E-state index < -0.39 is 17.2 Å². The van der Waals surface area contributed by atoms with E-state index in [0.29, 0.717) is 18.1 Å². The van der Waals surface area contributed by atoms with Gasteiger partial charge in [-0.05, 0) is 58.1 Å². The molecule has 0 radical (unpaired) electrons. The van der Waals surface area contributed by atoms with Crippen LogP contribution in [0.1, 0.15) is 66.6 Å². The first-order valence-electron chi connectivity index (χ1n) is 10.1. The number of hydrogen-bond donors (Lipinski definition) is 1. The molecule has 1 unspecified atom stereocenters. The molecule has 1 aromatic rings. The Morgan fingerprint density at radius 1 is 1.18 bits per heavy atom. The number of hydrogen-bond acceptors (Lipinski definition) is 6. The van der Waals surface area contributed by atoms with Crippen LogP contribution in [0.2, 0.25) is 0 Å². The van der Waals surface area contributed by atoms with E-state index in [2.05, 4.69) is 5.32 Å². The summed E-state index contributed by atoms with van der Waals surface area (Å²) < 4.78 is 16.8. The number of fused-ring (bicyclic) bond motifs is 1. The lowest BCUT2D eigenvalue weighted by atomic mass is 9.99. The number of ether oxygens (including phenoxy) is 3. The van der Waals surface area contributed by atoms with E-state index >= 15 is 0 Å². The number of rotatable bonds is 4. The molecule has 7 heteroatoms. The summed E-state index contributed by atoms with van der Waals surface area (Å²) in [5.41, 5.74) is -0.639. The second-order valence-electron chi connectivity index (χ2n) is 8.55. The third-order valence-corrected chi connectivity index (χ3v) is 6.20. The minimum absolute atomic E-state index is 0.0311. The van der Waals surface area contributed by atoms with E-state index in [1.807, 2.05) is 26.8 Å². The SMILES string of the molecule is CC(C)(C)OC(=O)C1(CNC(=O)c2cc3c(s2)CCCCCC3)COCCO1. The third-order valence-electron chi connectivity index (χ3n) is 4.97. The van der Waals surface area contributed by atoms with Crippen LogP contribution >= 0.6 is 11.3 Å². The molecule has 2 heterocycles. The zero-order chi connectivity index (χ0) is 20.2. The first kappa shape index (κ1) is 21.3. The Bertz CT molecular complexity index is 675. The minimum atomic E-state index is -1.30. The quantitative estimate of drug-likeness (QED) is 0.773. The molecule has 0 aromatic carbocycles. The van der Waals surface area contributed by atoms with Crippen molar-refractivity contribution in [2.75, 3.05) is 26.4 Å². The van der Waals surface area contributed by atoms with Gasteiger partial charge in [0.05, 0.1) is 31.2 Å². The highest BCUT2D eigenvalue weighted by atomic mass is 32.1. The van der Waals surface area contributed by atoms with Crippen molar-refractivity contribution >= 4 is 23.2 Å². The molecule has 0 bridgehead atoms. The van der Waals surface area contributed by atoms with Crippen LogP contribution in [0, 0.1) is 0 Å². The Kier molecular flexibility index (Phi) is 6.78. The largest absolute Gasteiger partial charge is 0.458 e. The maximum Gasteiger partial charge on any atom is 0.343 e. The van der Waals surface area contributed by atoms with Crippen LogP contribution in [0.5, 0.6) is 0 Å². The molecule has 156 valence electrons. The van der Waals surface area contributed by atoms with Crippen LogP contribution in [0.4, 0.5) is 0 Å². The maximum atomic E-state index is 12.8. The van der Waals surface area contributed by atoms with Gasteiger partial charge in [-0.25, -0.2) is 4.79 Å². The van der Waals surface area contributed by atoms with Gasteiger partial charge in [0.2, 0.25) is 5.60 Å². The number of esters is 1. The van der Waals surface area contributed by atoms with Gasteiger partial charge < -0.3 is 19.5 Å². The second kappa shape index (κ2) is 8.93. The Labute approximate surface area is 170 Å². The molecule has 1 atom stereocenters. The molecule has 3 rings (SSSR count). The number of nitrogens with one attached hydrogen (secondary N) is 1. The topological polar surface area (TPSA) is 73.9 Å². The van der Waals surface area contributed by atoms with Gasteiger partial charge in [0, 0.05) is 4.88 Å². The van der Waals surface area contributed by atoms with Crippen molar-refractivity contribution in [1.82, 2.24) is 5.32 Å². The number of carbonyl (C=O) groups is 2. The molecule has 1 fully saturated rings. The Morgan fingerprint density at radius 2 is 1.93 bits per heavy atom. The summed E-state index contributed by atoms with van der Waals surface area (Å²) in [6, 6.07) is 2.01. The smallest absolute Gasteiger partial charge is 0.343 e. The van der Waals surface area contributed by atoms with Crippen molar-refractivity contribution in [3.63, 3.8) is 0 Å². The molecular formula is C21H31NO5S. The van der Waals surface area contributed by atoms with Gasteiger partial charge in [0.15, 0.2) is 0 Å². The van der Waals surface area contributed by atoms with Crippen LogP contribution < -0.4 is 5.32 Å². The van der Waals surface area contributed by atoms with Crippen molar-refractivity contribution in [3.8, 4) is 0 Å². The number of amides is 1. The summed E-state index contributed by atoms with van der Waals surface area (Å²) >= 11 is 1.57. The first-order valence-corrected chi connectivity index (χ1v) is 11.0. The molecule has 1 N–H and O–H groups in total. The lowest BCUT2D eigenvalue weighted by Crippen LogP contribution is -2.58. The van der Waals surface area contributed by atoms with E-state index in [4.69, 9.17) is 14.2 Å². The van der Waals surface area contributed by atoms with E-state index in [-0.39, 0.29) is 19.1 Å². The predicted octanol–water partition coefficient (Wildman–Crippen LogP) is 3.26. The lowest BCUT2D eigenvalue weighted by Gasteiger charge is -2.36. The fourth-order valence-electron chi connectivity index (χ4n) is 3.50. The van der Waals surface area contributed by atoms with Gasteiger partial charge >= 0.3 is 5.97 Å². The van der Waals surface area contributed by atoms with Gasteiger partial charge in [0.1, 0.15) is 5.60 Å². The fraction of sp³-hybridized carbons (Fsp3) is 0.714. The summed E-state index contributed by atoms with van der Waals surface area (Å²) in [6.45, 7) is 6.25. The molecule has 6 nitrogen and oxygen atoms in total. The van der Waals surface area contributed by atoms with E-state index in [0.717, 1.165) is 12.8 Å². The summed E-state index contributed by atoms with van der Waals surface area (Å²) in [6.07, 6.45) is 6.96. The molecule has 1 saturated heterocycles. The van der Waals surface area contributed by atoms with Crippen molar-refractivity contribution in [3.05, 3.63) is 21.4 Å². The van der Waals surface area contributed by atoms with E-state index in [9.17, 15) is 9.59 Å². The monoisotopic (exact) mass is 409 g/mol. The molecular weight excluding hydrogens is 378 g/mol. The zero-order valence-corrected chi connectivity index (χ0v) is 17.9. The highest BCUT2D eigenvalue weighted by molar-refractivity contribution is 7.14. The summed E-state index contributed by atoms with van der Waals surface area (Å²) in [5.74, 6) is -0.674. The molecule has 0 spiro atoms. The van der Waals surface area contributed by atoms with Crippen LogP contribution in [0.3, 0.4) is 0 Å². The van der Waals surface area contributed by atoms with Crippen LogP contribution in [0.15, 0.2) is 6.07 Å². The average Bonchev–Trinajstić information content (AvgIpc) is 3.01. The third kappa shape index (κ3) is 5.33. The standard InChI is InChI=1S/C21H31NO5S/c1-20(2,3)27-19(24)21(14-25-10-11-26-21)13-22-18(23)17-12-15-8-6-4-5-7-9-16(15)28-17/h12H,4-11,13-14H2,1-3H3,(H,22,23). The molecule has 1 aliphatic heterocycles. The van der Waals surface area contributed by atoms with Crippen LogP contribution in [0.25, 0.3) is 0 Å². The summed E-state index contributed by atoms with van der Waals surface area (Å²) in [5, 5.41) is 2.88. The molecule has 1 aromatic heterocycles. The lowest BCUT2D eigenvalue weighted by molar-refractivity contribution is -0.206. The summed E-state index contributed by atoms with van der Waals surface area (Å²) in [4.78, 5) is 27.5. The van der Waals surface area contributed by atoms with Crippen LogP contribution in [-0.4, -0.2) is 49.4 Å². The highest BCUT2D eigenvalue weighted by Crippen LogP contribution is 2.29. The molecule has 1 aliphatic carbocycles. The number of aryl methyl sites for hydroxylation is 2. The fourth-order valence-corrected chi connectivity index (χ4v) is 4.67. The van der Waals surface area contributed by atoms with Crippen molar-refractivity contribution in [2.45, 2.75) is 70.5 Å².